The van der Waals surface area contributed by atoms with Crippen LogP contribution in [-0.2, 0) is 9.59 Å². The molecule has 1 fully saturated rings. The Kier molecular flexibility index (Phi) is 7.14. The van der Waals surface area contributed by atoms with Crippen LogP contribution in [0, 0.1) is 0 Å². The summed E-state index contributed by atoms with van der Waals surface area (Å²) < 4.78 is 0.819. The van der Waals surface area contributed by atoms with Crippen molar-refractivity contribution in [2.45, 2.75) is 18.9 Å². The lowest BCUT2D eigenvalue weighted by molar-refractivity contribution is -0.134. The Morgan fingerprint density at radius 1 is 1.43 bits per heavy atom. The molecule has 2 rings (SSSR count). The molecule has 0 spiro atoms. The van der Waals surface area contributed by atoms with Crippen LogP contribution in [0.5, 0.6) is 0 Å². The molecule has 1 aliphatic rings. The summed E-state index contributed by atoms with van der Waals surface area (Å²) in [6.07, 6.45) is 1.85. The summed E-state index contributed by atoms with van der Waals surface area (Å²) in [4.78, 5) is 25.5. The van der Waals surface area contributed by atoms with Gasteiger partial charge in [-0.15, -0.1) is 12.4 Å². The van der Waals surface area contributed by atoms with Crippen molar-refractivity contribution in [3.05, 3.63) is 28.7 Å². The van der Waals surface area contributed by atoms with E-state index in [9.17, 15) is 9.59 Å². The first-order valence-corrected chi connectivity index (χ1v) is 7.40. The zero-order valence-corrected chi connectivity index (χ0v) is 14.2. The zero-order valence-electron chi connectivity index (χ0n) is 11.8. The highest BCUT2D eigenvalue weighted by atomic mass is 79.9. The van der Waals surface area contributed by atoms with Crippen molar-refractivity contribution < 1.29 is 9.59 Å². The van der Waals surface area contributed by atoms with Gasteiger partial charge in [-0.3, -0.25) is 9.59 Å². The Hall–Kier alpha value is -1.11. The fourth-order valence-corrected chi connectivity index (χ4v) is 2.59. The Morgan fingerprint density at radius 3 is 2.76 bits per heavy atom. The molecule has 1 heterocycles. The van der Waals surface area contributed by atoms with Crippen LogP contribution < -0.4 is 10.6 Å². The monoisotopic (exact) mass is 375 g/mol. The van der Waals surface area contributed by atoms with Crippen molar-refractivity contribution in [1.29, 1.82) is 0 Å². The molecule has 1 saturated heterocycles. The van der Waals surface area contributed by atoms with Crippen LogP contribution in [0.25, 0.3) is 0 Å². The molecule has 0 aromatic heterocycles. The predicted molar refractivity (Wildman–Crippen MR) is 88.7 cm³/mol. The maximum Gasteiger partial charge on any atom is 0.244 e. The molecule has 1 aromatic rings. The largest absolute Gasteiger partial charge is 0.335 e. The summed E-state index contributed by atoms with van der Waals surface area (Å²) in [5, 5.41) is 5.93. The van der Waals surface area contributed by atoms with Gasteiger partial charge in [0.25, 0.3) is 0 Å². The number of amides is 2. The summed E-state index contributed by atoms with van der Waals surface area (Å²) in [5.41, 5.74) is 0.706. The first-order chi connectivity index (χ1) is 9.58. The molecule has 0 saturated carbocycles. The van der Waals surface area contributed by atoms with Crippen LogP contribution in [0.3, 0.4) is 0 Å². The van der Waals surface area contributed by atoms with Gasteiger partial charge in [-0.25, -0.2) is 0 Å². The number of halogens is 2. The van der Waals surface area contributed by atoms with Gasteiger partial charge < -0.3 is 15.5 Å². The number of benzene rings is 1. The number of nitrogens with one attached hydrogen (secondary N) is 2. The van der Waals surface area contributed by atoms with Crippen LogP contribution >= 0.6 is 28.3 Å². The van der Waals surface area contributed by atoms with Gasteiger partial charge in [0.2, 0.25) is 11.8 Å². The summed E-state index contributed by atoms with van der Waals surface area (Å²) >= 11 is 3.37. The molecule has 1 aliphatic heterocycles. The normalized spacial score (nSPS) is 17.0. The summed E-state index contributed by atoms with van der Waals surface area (Å²) in [5.74, 6) is -0.226. The third-order valence-electron chi connectivity index (χ3n) is 3.26. The molecule has 2 amide bonds. The molecule has 116 valence electrons. The lowest BCUT2D eigenvalue weighted by atomic mass is 10.2. The van der Waals surface area contributed by atoms with Crippen LogP contribution in [0.2, 0.25) is 0 Å². The van der Waals surface area contributed by atoms with Gasteiger partial charge >= 0.3 is 0 Å². The van der Waals surface area contributed by atoms with Gasteiger partial charge in [0.05, 0.1) is 18.3 Å². The van der Waals surface area contributed by atoms with Crippen LogP contribution in [0.15, 0.2) is 28.7 Å². The SMILES string of the molecule is CN(CC(=O)Nc1ccccc1Br)C(=O)C1CCCN1.Cl. The highest BCUT2D eigenvalue weighted by Crippen LogP contribution is 2.21. The number of carbonyl (C=O) groups is 2. The van der Waals surface area contributed by atoms with Crippen molar-refractivity contribution in [2.24, 2.45) is 0 Å². The van der Waals surface area contributed by atoms with E-state index in [0.29, 0.717) is 5.69 Å². The zero-order chi connectivity index (χ0) is 14.5. The minimum atomic E-state index is -0.203. The van der Waals surface area contributed by atoms with E-state index in [0.717, 1.165) is 23.9 Å². The molecule has 7 heteroatoms. The van der Waals surface area contributed by atoms with Crippen molar-refractivity contribution in [2.75, 3.05) is 25.5 Å². The van der Waals surface area contributed by atoms with Gasteiger partial charge in [-0.1, -0.05) is 12.1 Å². The number of rotatable bonds is 4. The molecule has 1 unspecified atom stereocenters. The number of nitrogens with zero attached hydrogens (tertiary/aromatic N) is 1. The predicted octanol–water partition coefficient (Wildman–Crippen LogP) is 2.02. The summed E-state index contributed by atoms with van der Waals surface area (Å²) in [6.45, 7) is 0.922. The average Bonchev–Trinajstić information content (AvgIpc) is 2.94. The number of hydrogen-bond acceptors (Lipinski definition) is 3. The van der Waals surface area contributed by atoms with Crippen molar-refractivity contribution in [3.63, 3.8) is 0 Å². The van der Waals surface area contributed by atoms with Gasteiger partial charge in [0.1, 0.15) is 0 Å². The minimum Gasteiger partial charge on any atom is -0.335 e. The van der Waals surface area contributed by atoms with Crippen molar-refractivity contribution in [3.8, 4) is 0 Å². The van der Waals surface area contributed by atoms with Gasteiger partial charge in [-0.2, -0.15) is 0 Å². The quantitative estimate of drug-likeness (QED) is 0.845. The van der Waals surface area contributed by atoms with Gasteiger partial charge in [0, 0.05) is 11.5 Å². The van der Waals surface area contributed by atoms with Gasteiger partial charge in [-0.05, 0) is 47.4 Å². The molecule has 1 aromatic carbocycles. The second-order valence-electron chi connectivity index (χ2n) is 4.87. The maximum atomic E-state index is 12.1. The summed E-state index contributed by atoms with van der Waals surface area (Å²) in [6, 6.07) is 7.24. The Bertz CT molecular complexity index is 507. The van der Waals surface area contributed by atoms with Gasteiger partial charge in [0.15, 0.2) is 0 Å². The van der Waals surface area contributed by atoms with E-state index in [-0.39, 0.29) is 36.8 Å². The van der Waals surface area contributed by atoms with E-state index in [4.69, 9.17) is 0 Å². The van der Waals surface area contributed by atoms with Crippen molar-refractivity contribution >= 4 is 45.8 Å². The average molecular weight is 377 g/mol. The highest BCUT2D eigenvalue weighted by molar-refractivity contribution is 9.10. The van der Waals surface area contributed by atoms with E-state index < -0.39 is 0 Å². The lowest BCUT2D eigenvalue weighted by Crippen LogP contribution is -2.44. The van der Waals surface area contributed by atoms with E-state index >= 15 is 0 Å². The smallest absolute Gasteiger partial charge is 0.244 e. The number of anilines is 1. The third-order valence-corrected chi connectivity index (χ3v) is 3.95. The number of hydrogen-bond donors (Lipinski definition) is 2. The number of likely N-dealkylation sites (N-methyl/N-ethyl adjacent to an activating group) is 1. The first-order valence-electron chi connectivity index (χ1n) is 6.60. The van der Waals surface area contributed by atoms with Crippen molar-refractivity contribution in [1.82, 2.24) is 10.2 Å². The van der Waals surface area contributed by atoms with E-state index in [2.05, 4.69) is 26.6 Å². The standard InChI is InChI=1S/C14H18BrN3O2.ClH/c1-18(14(20)12-7-4-8-16-12)9-13(19)17-11-6-3-2-5-10(11)15;/h2-3,5-6,12,16H,4,7-9H2,1H3,(H,17,19);1H. The molecular weight excluding hydrogens is 358 g/mol. The fourth-order valence-electron chi connectivity index (χ4n) is 2.21. The lowest BCUT2D eigenvalue weighted by Gasteiger charge is -2.20. The van der Waals surface area contributed by atoms with E-state index in [1.807, 2.05) is 24.3 Å². The Balaban J connectivity index is 0.00000220. The van der Waals surface area contributed by atoms with Crippen LogP contribution in [-0.4, -0.2) is 42.9 Å². The highest BCUT2D eigenvalue weighted by Gasteiger charge is 2.25. The fraction of sp³-hybridized carbons (Fsp3) is 0.429. The molecule has 5 nitrogen and oxygen atoms in total. The minimum absolute atomic E-state index is 0. The molecule has 0 aliphatic carbocycles. The Morgan fingerprint density at radius 2 is 2.14 bits per heavy atom. The topological polar surface area (TPSA) is 61.4 Å². The molecular formula is C14H19BrClN3O2. The number of carbonyl (C=O) groups excluding carboxylic acids is 2. The van der Waals surface area contributed by atoms with Crippen LogP contribution in [0.1, 0.15) is 12.8 Å². The second-order valence-corrected chi connectivity index (χ2v) is 5.73. The first kappa shape index (κ1) is 17.9. The Labute approximate surface area is 139 Å². The third kappa shape index (κ3) is 4.98. The van der Waals surface area contributed by atoms with E-state index in [1.165, 1.54) is 4.90 Å². The second kappa shape index (κ2) is 8.36. The van der Waals surface area contributed by atoms with E-state index in [1.54, 1.807) is 7.05 Å². The molecule has 21 heavy (non-hydrogen) atoms. The maximum absolute atomic E-state index is 12.1. The molecule has 2 N–H and O–H groups in total. The van der Waals surface area contributed by atoms with Crippen LogP contribution in [0.4, 0.5) is 5.69 Å². The molecule has 0 radical (unpaired) electrons. The molecule has 0 bridgehead atoms. The number of para-hydroxylation sites is 1. The molecule has 1 atom stereocenters. The summed E-state index contributed by atoms with van der Waals surface area (Å²) in [7, 11) is 1.65.